The van der Waals surface area contributed by atoms with E-state index in [1.807, 2.05) is 6.92 Å². The van der Waals surface area contributed by atoms with Gasteiger partial charge in [0.15, 0.2) is 5.78 Å². The van der Waals surface area contributed by atoms with Gasteiger partial charge in [-0.05, 0) is 43.4 Å². The number of carbonyl (C=O) groups excluding carboxylic acids is 1. The predicted octanol–water partition coefficient (Wildman–Crippen LogP) is 2.15. The van der Waals surface area contributed by atoms with E-state index in [-0.39, 0.29) is 23.5 Å². The van der Waals surface area contributed by atoms with Gasteiger partial charge in [0.25, 0.3) is 0 Å². The fourth-order valence-electron chi connectivity index (χ4n) is 4.05. The molecule has 0 aliphatic heterocycles. The Morgan fingerprint density at radius 1 is 1.33 bits per heavy atom. The molecule has 1 unspecified atom stereocenters. The molecule has 0 heterocycles. The normalized spacial score (nSPS) is 49.3. The molecule has 2 rings (SSSR count). The van der Waals surface area contributed by atoms with Gasteiger partial charge in [0, 0.05) is 12.3 Å². The molecule has 2 fully saturated rings. The lowest BCUT2D eigenvalue weighted by molar-refractivity contribution is -0.185. The van der Waals surface area contributed by atoms with E-state index in [1.54, 1.807) is 6.92 Å². The zero-order valence-electron chi connectivity index (χ0n) is 11.9. The molecule has 0 aromatic rings. The summed E-state index contributed by atoms with van der Waals surface area (Å²) >= 11 is 0. The number of carbonyl (C=O) groups is 1. The summed E-state index contributed by atoms with van der Waals surface area (Å²) in [5.41, 5.74) is -1.57. The summed E-state index contributed by atoms with van der Waals surface area (Å²) in [5, 5.41) is 20.8. The predicted molar refractivity (Wildman–Crippen MR) is 70.0 cm³/mol. The number of fused-ring (bicyclic) bond motifs is 1. The molecule has 5 atom stereocenters. The molecule has 0 spiro atoms. The van der Waals surface area contributed by atoms with E-state index in [2.05, 4.69) is 13.8 Å². The largest absolute Gasteiger partial charge is 0.392 e. The Kier molecular flexibility index (Phi) is 3.35. The Morgan fingerprint density at radius 2 is 1.94 bits per heavy atom. The summed E-state index contributed by atoms with van der Waals surface area (Å²) in [5.74, 6) is 0.816. The summed E-state index contributed by atoms with van der Waals surface area (Å²) in [4.78, 5) is 12.0. The van der Waals surface area contributed by atoms with E-state index in [4.69, 9.17) is 0 Å². The number of rotatable bonds is 1. The Bertz CT molecular complexity index is 348. The first-order chi connectivity index (χ1) is 8.19. The van der Waals surface area contributed by atoms with Crippen molar-refractivity contribution in [2.45, 2.75) is 65.1 Å². The van der Waals surface area contributed by atoms with Crippen molar-refractivity contribution in [3.05, 3.63) is 0 Å². The molecule has 2 aliphatic carbocycles. The van der Waals surface area contributed by atoms with Crippen LogP contribution in [-0.4, -0.2) is 27.7 Å². The molecule has 3 heteroatoms. The van der Waals surface area contributed by atoms with Crippen LogP contribution in [0.25, 0.3) is 0 Å². The van der Waals surface area contributed by atoms with Crippen molar-refractivity contribution in [3.8, 4) is 0 Å². The average molecular weight is 254 g/mol. The van der Waals surface area contributed by atoms with Gasteiger partial charge in [0.1, 0.15) is 5.60 Å². The highest BCUT2D eigenvalue weighted by Crippen LogP contribution is 2.55. The van der Waals surface area contributed by atoms with Gasteiger partial charge in [0.2, 0.25) is 0 Å². The van der Waals surface area contributed by atoms with E-state index in [0.29, 0.717) is 11.8 Å². The summed E-state index contributed by atoms with van der Waals surface area (Å²) < 4.78 is 0. The van der Waals surface area contributed by atoms with Crippen LogP contribution in [0.1, 0.15) is 53.4 Å². The zero-order chi connectivity index (χ0) is 13.7. The number of aliphatic hydroxyl groups excluding tert-OH is 1. The van der Waals surface area contributed by atoms with Crippen molar-refractivity contribution in [1.82, 2.24) is 0 Å². The van der Waals surface area contributed by atoms with Crippen LogP contribution in [0.15, 0.2) is 0 Å². The molecule has 18 heavy (non-hydrogen) atoms. The lowest BCUT2D eigenvalue weighted by Crippen LogP contribution is -2.62. The van der Waals surface area contributed by atoms with Gasteiger partial charge >= 0.3 is 0 Å². The summed E-state index contributed by atoms with van der Waals surface area (Å²) in [6, 6.07) is 0. The molecule has 2 N–H and O–H groups in total. The maximum absolute atomic E-state index is 12.0. The van der Waals surface area contributed by atoms with E-state index in [1.165, 1.54) is 0 Å². The number of hydrogen-bond acceptors (Lipinski definition) is 3. The second-order valence-electron chi connectivity index (χ2n) is 7.13. The standard InChI is InChI=1S/C15H26O3/c1-9(2)10-5-6-14(3)11(7-10)15(4,18)13(17)8-12(14)16/h9-12,16,18H,5-8H2,1-4H3/t10-,11-,12?,14-,15+/m1/s1. The minimum Gasteiger partial charge on any atom is -0.392 e. The first kappa shape index (κ1) is 14.0. The van der Waals surface area contributed by atoms with E-state index >= 15 is 0 Å². The number of Topliss-reactive ketones (excluding diaryl/α,β-unsaturated/α-hetero) is 1. The van der Waals surface area contributed by atoms with Gasteiger partial charge in [-0.25, -0.2) is 0 Å². The average Bonchev–Trinajstić information content (AvgIpc) is 2.27. The molecule has 0 saturated heterocycles. The molecule has 0 radical (unpaired) electrons. The van der Waals surface area contributed by atoms with Crippen molar-refractivity contribution in [2.75, 3.05) is 0 Å². The number of hydrogen-bond donors (Lipinski definition) is 2. The zero-order valence-corrected chi connectivity index (χ0v) is 11.9. The van der Waals surface area contributed by atoms with Crippen LogP contribution in [0.4, 0.5) is 0 Å². The van der Waals surface area contributed by atoms with Gasteiger partial charge in [-0.15, -0.1) is 0 Å². The highest BCUT2D eigenvalue weighted by molar-refractivity contribution is 5.88. The Hall–Kier alpha value is -0.410. The Labute approximate surface area is 110 Å². The maximum Gasteiger partial charge on any atom is 0.166 e. The van der Waals surface area contributed by atoms with Crippen LogP contribution in [-0.2, 0) is 4.79 Å². The van der Waals surface area contributed by atoms with Crippen LogP contribution >= 0.6 is 0 Å². The molecule has 104 valence electrons. The topological polar surface area (TPSA) is 57.5 Å². The number of aliphatic hydroxyl groups is 2. The lowest BCUT2D eigenvalue weighted by atomic mass is 9.51. The smallest absolute Gasteiger partial charge is 0.166 e. The van der Waals surface area contributed by atoms with E-state index < -0.39 is 11.7 Å². The van der Waals surface area contributed by atoms with Gasteiger partial charge in [0.05, 0.1) is 6.10 Å². The van der Waals surface area contributed by atoms with Gasteiger partial charge in [-0.3, -0.25) is 4.79 Å². The first-order valence-electron chi connectivity index (χ1n) is 7.13. The molecule has 3 nitrogen and oxygen atoms in total. The molecular weight excluding hydrogens is 228 g/mol. The second-order valence-corrected chi connectivity index (χ2v) is 7.13. The van der Waals surface area contributed by atoms with Crippen molar-refractivity contribution in [1.29, 1.82) is 0 Å². The van der Waals surface area contributed by atoms with Gasteiger partial charge in [-0.1, -0.05) is 20.8 Å². The first-order valence-corrected chi connectivity index (χ1v) is 7.13. The third-order valence-corrected chi connectivity index (χ3v) is 5.71. The van der Waals surface area contributed by atoms with Crippen molar-refractivity contribution in [3.63, 3.8) is 0 Å². The number of ketones is 1. The Balaban J connectivity index is 2.32. The molecule has 0 aromatic heterocycles. The molecule has 0 amide bonds. The van der Waals surface area contributed by atoms with E-state index in [9.17, 15) is 15.0 Å². The van der Waals surface area contributed by atoms with E-state index in [0.717, 1.165) is 19.3 Å². The Morgan fingerprint density at radius 3 is 2.50 bits per heavy atom. The van der Waals surface area contributed by atoms with Crippen molar-refractivity contribution in [2.24, 2.45) is 23.2 Å². The van der Waals surface area contributed by atoms with Crippen LogP contribution < -0.4 is 0 Å². The summed E-state index contributed by atoms with van der Waals surface area (Å²) in [7, 11) is 0. The fourth-order valence-corrected chi connectivity index (χ4v) is 4.05. The van der Waals surface area contributed by atoms with Gasteiger partial charge < -0.3 is 10.2 Å². The van der Waals surface area contributed by atoms with Crippen LogP contribution in [0.5, 0.6) is 0 Å². The SMILES string of the molecule is CC(C)[C@@H]1CC[C@@]2(C)C(O)CC(=O)[C@@](C)(O)[C@@H]2C1. The molecule has 0 bridgehead atoms. The molecule has 0 aromatic carbocycles. The minimum atomic E-state index is -1.26. The second kappa shape index (κ2) is 4.31. The van der Waals surface area contributed by atoms with Crippen LogP contribution in [0.3, 0.4) is 0 Å². The van der Waals surface area contributed by atoms with Crippen LogP contribution in [0, 0.1) is 23.2 Å². The summed E-state index contributed by atoms with van der Waals surface area (Å²) in [6.45, 7) is 8.08. The molecule has 2 saturated carbocycles. The third-order valence-electron chi connectivity index (χ3n) is 5.71. The maximum atomic E-state index is 12.0. The van der Waals surface area contributed by atoms with Crippen molar-refractivity contribution >= 4 is 5.78 Å². The fraction of sp³-hybridized carbons (Fsp3) is 0.933. The van der Waals surface area contributed by atoms with Crippen LogP contribution in [0.2, 0.25) is 0 Å². The minimum absolute atomic E-state index is 0.104. The van der Waals surface area contributed by atoms with Gasteiger partial charge in [-0.2, -0.15) is 0 Å². The highest BCUT2D eigenvalue weighted by atomic mass is 16.3. The highest BCUT2D eigenvalue weighted by Gasteiger charge is 2.58. The molecule has 2 aliphatic rings. The monoisotopic (exact) mass is 254 g/mol. The molecular formula is C15H26O3. The van der Waals surface area contributed by atoms with Crippen molar-refractivity contribution < 1.29 is 15.0 Å². The lowest BCUT2D eigenvalue weighted by Gasteiger charge is -2.55. The summed E-state index contributed by atoms with van der Waals surface area (Å²) in [6.07, 6.45) is 2.36. The quantitative estimate of drug-likeness (QED) is 0.754. The third kappa shape index (κ3) is 1.92.